The van der Waals surface area contributed by atoms with Crippen LogP contribution in [0.3, 0.4) is 0 Å². The Labute approximate surface area is 270 Å². The highest BCUT2D eigenvalue weighted by Gasteiger charge is 2.32. The average Bonchev–Trinajstić information content (AvgIpc) is 3.11. The first-order chi connectivity index (χ1) is 22.5. The molecule has 7 nitrogen and oxygen atoms in total. The van der Waals surface area contributed by atoms with Crippen molar-refractivity contribution >= 4 is 5.91 Å². The third kappa shape index (κ3) is 8.13. The predicted molar refractivity (Wildman–Crippen MR) is 178 cm³/mol. The maximum atomic E-state index is 12.5. The van der Waals surface area contributed by atoms with Gasteiger partial charge in [-0.3, -0.25) is 14.7 Å². The van der Waals surface area contributed by atoms with E-state index in [0.717, 1.165) is 52.9 Å². The molecule has 234 valence electrons. The van der Waals surface area contributed by atoms with E-state index in [9.17, 15) is 9.90 Å². The molecule has 1 aromatic heterocycles. The van der Waals surface area contributed by atoms with Crippen molar-refractivity contribution < 1.29 is 19.4 Å². The summed E-state index contributed by atoms with van der Waals surface area (Å²) in [5, 5.41) is 12.5. The summed E-state index contributed by atoms with van der Waals surface area (Å²) in [4.78, 5) is 18.8. The van der Waals surface area contributed by atoms with E-state index in [-0.39, 0.29) is 24.7 Å². The molecule has 6 rings (SSSR count). The van der Waals surface area contributed by atoms with E-state index in [1.807, 2.05) is 42.5 Å². The molecule has 0 spiro atoms. The molecule has 1 saturated heterocycles. The Morgan fingerprint density at radius 1 is 0.826 bits per heavy atom. The van der Waals surface area contributed by atoms with Crippen LogP contribution in [0.4, 0.5) is 0 Å². The summed E-state index contributed by atoms with van der Waals surface area (Å²) in [7, 11) is 2.12. The number of hydrogen-bond donors (Lipinski definition) is 2. The Balaban J connectivity index is 1.15. The van der Waals surface area contributed by atoms with E-state index >= 15 is 0 Å². The lowest BCUT2D eigenvalue weighted by Gasteiger charge is -2.38. The van der Waals surface area contributed by atoms with Gasteiger partial charge in [0.05, 0.1) is 24.4 Å². The average molecular weight is 614 g/mol. The molecular formula is C39H39N3O4. The fraction of sp³-hybridized carbons (Fsp3) is 0.231. The highest BCUT2D eigenvalue weighted by Crippen LogP contribution is 2.38. The molecule has 2 heterocycles. The Bertz CT molecular complexity index is 1700. The Kier molecular flexibility index (Phi) is 10.3. The number of amides is 1. The second-order valence-corrected chi connectivity index (χ2v) is 11.8. The second-order valence-electron chi connectivity index (χ2n) is 11.8. The van der Waals surface area contributed by atoms with Crippen molar-refractivity contribution in [3.05, 3.63) is 161 Å². The standard InChI is InChI=1S/C39H39N3O4/c1-42(25-28-7-3-2-4-8-28)26-36-22-37(32-14-12-29(27-43)13-15-32)46-39(45-36)33-18-16-31(17-19-33)34-10-5-9-30(21-34)23-41-38(44)35-11-6-20-40-24-35/h2-21,24,36-37,39,43H,22-23,25-27H2,1H3,(H,41,44)/t36-,37+,39+/m1/s1. The number of carbonyl (C=O) groups excluding carboxylic acids is 1. The molecule has 0 aliphatic carbocycles. The van der Waals surface area contributed by atoms with Gasteiger partial charge in [-0.2, -0.15) is 0 Å². The Morgan fingerprint density at radius 3 is 2.33 bits per heavy atom. The molecule has 4 aromatic carbocycles. The van der Waals surface area contributed by atoms with Crippen molar-refractivity contribution in [1.82, 2.24) is 15.2 Å². The molecule has 5 aromatic rings. The van der Waals surface area contributed by atoms with E-state index in [0.29, 0.717) is 12.1 Å². The lowest BCUT2D eigenvalue weighted by molar-refractivity contribution is -0.252. The maximum absolute atomic E-state index is 12.5. The van der Waals surface area contributed by atoms with Crippen LogP contribution in [0.25, 0.3) is 11.1 Å². The van der Waals surface area contributed by atoms with Gasteiger partial charge in [0, 0.05) is 44.0 Å². The number of nitrogens with one attached hydrogen (secondary N) is 1. The van der Waals surface area contributed by atoms with E-state index < -0.39 is 6.29 Å². The molecule has 46 heavy (non-hydrogen) atoms. The van der Waals surface area contributed by atoms with Gasteiger partial charge in [0.15, 0.2) is 6.29 Å². The highest BCUT2D eigenvalue weighted by molar-refractivity contribution is 5.93. The quantitative estimate of drug-likeness (QED) is 0.170. The molecule has 3 atom stereocenters. The summed E-state index contributed by atoms with van der Waals surface area (Å²) < 4.78 is 13.2. The number of aromatic nitrogens is 1. The fourth-order valence-electron chi connectivity index (χ4n) is 5.82. The van der Waals surface area contributed by atoms with Gasteiger partial charge in [-0.25, -0.2) is 0 Å². The fourth-order valence-corrected chi connectivity index (χ4v) is 5.82. The van der Waals surface area contributed by atoms with Crippen LogP contribution in [0.2, 0.25) is 0 Å². The Hall–Kier alpha value is -4.66. The minimum absolute atomic E-state index is 0.0136. The predicted octanol–water partition coefficient (Wildman–Crippen LogP) is 6.85. The normalized spacial score (nSPS) is 17.9. The van der Waals surface area contributed by atoms with Gasteiger partial charge in [-0.15, -0.1) is 0 Å². The monoisotopic (exact) mass is 613 g/mol. The topological polar surface area (TPSA) is 83.9 Å². The van der Waals surface area contributed by atoms with Crippen LogP contribution in [0, 0.1) is 0 Å². The van der Waals surface area contributed by atoms with Crippen LogP contribution in [0.5, 0.6) is 0 Å². The number of pyridine rings is 1. The van der Waals surface area contributed by atoms with Crippen LogP contribution < -0.4 is 5.32 Å². The van der Waals surface area contributed by atoms with Gasteiger partial charge in [0.2, 0.25) is 0 Å². The number of carbonyl (C=O) groups is 1. The first kappa shape index (κ1) is 31.3. The van der Waals surface area contributed by atoms with Crippen LogP contribution in [-0.2, 0) is 29.2 Å². The SMILES string of the molecule is CN(Cc1ccccc1)C[C@H]1C[C@@H](c2ccc(CO)cc2)O[C@@H](c2ccc(-c3cccc(CNC(=O)c4cccnc4)c3)cc2)O1. The van der Waals surface area contributed by atoms with Gasteiger partial charge in [-0.05, 0) is 58.6 Å². The number of ether oxygens (including phenoxy) is 2. The molecule has 2 N–H and O–H groups in total. The summed E-state index contributed by atoms with van der Waals surface area (Å²) in [5.41, 5.74) is 7.84. The molecule has 7 heteroatoms. The number of hydrogen-bond acceptors (Lipinski definition) is 6. The van der Waals surface area contributed by atoms with Gasteiger partial charge in [0.1, 0.15) is 0 Å². The van der Waals surface area contributed by atoms with E-state index in [4.69, 9.17) is 9.47 Å². The first-order valence-electron chi connectivity index (χ1n) is 15.6. The van der Waals surface area contributed by atoms with Crippen molar-refractivity contribution in [2.45, 2.75) is 44.6 Å². The summed E-state index contributed by atoms with van der Waals surface area (Å²) in [6.07, 6.45) is 3.25. The largest absolute Gasteiger partial charge is 0.392 e. The van der Waals surface area contributed by atoms with Gasteiger partial charge < -0.3 is 19.9 Å². The molecule has 0 saturated carbocycles. The zero-order valence-electron chi connectivity index (χ0n) is 26.0. The molecular weight excluding hydrogens is 574 g/mol. The van der Waals surface area contributed by atoms with Crippen molar-refractivity contribution in [2.75, 3.05) is 13.6 Å². The number of rotatable bonds is 11. The maximum Gasteiger partial charge on any atom is 0.253 e. The van der Waals surface area contributed by atoms with Crippen molar-refractivity contribution in [2.24, 2.45) is 0 Å². The van der Waals surface area contributed by atoms with Crippen LogP contribution in [0.1, 0.15) is 57.0 Å². The van der Waals surface area contributed by atoms with Crippen molar-refractivity contribution in [1.29, 1.82) is 0 Å². The minimum Gasteiger partial charge on any atom is -0.392 e. The molecule has 1 aliphatic heterocycles. The summed E-state index contributed by atoms with van der Waals surface area (Å²) in [5.74, 6) is -0.150. The smallest absolute Gasteiger partial charge is 0.253 e. The number of aliphatic hydroxyl groups is 1. The number of benzene rings is 4. The van der Waals surface area contributed by atoms with Crippen LogP contribution in [0.15, 0.2) is 128 Å². The highest BCUT2D eigenvalue weighted by atomic mass is 16.7. The van der Waals surface area contributed by atoms with Gasteiger partial charge in [-0.1, -0.05) is 97.1 Å². The van der Waals surface area contributed by atoms with Crippen molar-refractivity contribution in [3.8, 4) is 11.1 Å². The van der Waals surface area contributed by atoms with E-state index in [1.54, 1.807) is 24.5 Å². The lowest BCUT2D eigenvalue weighted by Crippen LogP contribution is -2.37. The number of nitrogens with zero attached hydrogens (tertiary/aromatic N) is 2. The zero-order valence-corrected chi connectivity index (χ0v) is 26.0. The molecule has 1 amide bonds. The summed E-state index contributed by atoms with van der Waals surface area (Å²) >= 11 is 0. The number of aliphatic hydroxyl groups excluding tert-OH is 1. The second kappa shape index (κ2) is 15.1. The number of likely N-dealkylation sites (N-methyl/N-ethyl adjacent to an activating group) is 1. The van der Waals surface area contributed by atoms with Crippen molar-refractivity contribution in [3.63, 3.8) is 0 Å². The van der Waals surface area contributed by atoms with Crippen LogP contribution >= 0.6 is 0 Å². The minimum atomic E-state index is -0.519. The molecule has 1 aliphatic rings. The summed E-state index contributed by atoms with van der Waals surface area (Å²) in [6.45, 7) is 2.04. The van der Waals surface area contributed by atoms with E-state index in [2.05, 4.69) is 82.9 Å². The molecule has 1 fully saturated rings. The molecule has 0 radical (unpaired) electrons. The lowest BCUT2D eigenvalue weighted by atomic mass is 9.99. The van der Waals surface area contributed by atoms with Crippen LogP contribution in [-0.4, -0.2) is 40.6 Å². The Morgan fingerprint density at radius 2 is 1.59 bits per heavy atom. The van der Waals surface area contributed by atoms with Gasteiger partial charge >= 0.3 is 0 Å². The van der Waals surface area contributed by atoms with E-state index in [1.165, 1.54) is 5.56 Å². The third-order valence-corrected chi connectivity index (χ3v) is 8.25. The summed E-state index contributed by atoms with van der Waals surface area (Å²) in [6, 6.07) is 38.4. The first-order valence-corrected chi connectivity index (χ1v) is 15.6. The molecule has 0 unspecified atom stereocenters. The third-order valence-electron chi connectivity index (χ3n) is 8.25. The zero-order chi connectivity index (χ0) is 31.7. The van der Waals surface area contributed by atoms with Gasteiger partial charge in [0.25, 0.3) is 5.91 Å². The molecule has 0 bridgehead atoms.